The van der Waals surface area contributed by atoms with E-state index in [4.69, 9.17) is 11.6 Å². The minimum Gasteiger partial charge on any atom is -0.348 e. The van der Waals surface area contributed by atoms with Crippen molar-refractivity contribution >= 4 is 29.2 Å². The number of piperazine rings is 1. The van der Waals surface area contributed by atoms with Crippen molar-refractivity contribution in [2.24, 2.45) is 0 Å². The summed E-state index contributed by atoms with van der Waals surface area (Å²) in [6.45, 7) is 3.03. The van der Waals surface area contributed by atoms with Crippen molar-refractivity contribution in [2.75, 3.05) is 52.1 Å². The maximum absolute atomic E-state index is 12.2. The van der Waals surface area contributed by atoms with Crippen molar-refractivity contribution in [1.82, 2.24) is 14.7 Å². The SMILES string of the molecule is CN(C)C(=O)CN1CCN(C(=O)Nc2ccc(Cl)cc2)CC1. The lowest BCUT2D eigenvalue weighted by Crippen LogP contribution is -2.52. The summed E-state index contributed by atoms with van der Waals surface area (Å²) in [7, 11) is 3.50. The summed E-state index contributed by atoms with van der Waals surface area (Å²) in [5, 5.41) is 3.48. The van der Waals surface area contributed by atoms with Gasteiger partial charge in [0.15, 0.2) is 0 Å². The van der Waals surface area contributed by atoms with Crippen LogP contribution in [0.5, 0.6) is 0 Å². The molecule has 1 heterocycles. The number of hydrogen-bond acceptors (Lipinski definition) is 3. The fraction of sp³-hybridized carbons (Fsp3) is 0.467. The predicted octanol–water partition coefficient (Wildman–Crippen LogP) is 1.58. The number of carbonyl (C=O) groups is 2. The van der Waals surface area contributed by atoms with E-state index in [2.05, 4.69) is 10.2 Å². The van der Waals surface area contributed by atoms with E-state index in [1.165, 1.54) is 0 Å². The van der Waals surface area contributed by atoms with Gasteiger partial charge in [-0.2, -0.15) is 0 Å². The van der Waals surface area contributed by atoms with Crippen LogP contribution in [0.3, 0.4) is 0 Å². The lowest BCUT2D eigenvalue weighted by atomic mass is 10.3. The minimum absolute atomic E-state index is 0.0825. The molecule has 2 rings (SSSR count). The number of urea groups is 1. The lowest BCUT2D eigenvalue weighted by molar-refractivity contribution is -0.130. The van der Waals surface area contributed by atoms with Gasteiger partial charge in [-0.3, -0.25) is 9.69 Å². The summed E-state index contributed by atoms with van der Waals surface area (Å²) in [6.07, 6.45) is 0. The smallest absolute Gasteiger partial charge is 0.321 e. The molecule has 7 heteroatoms. The first-order valence-corrected chi connectivity index (χ1v) is 7.57. The Kier molecular flexibility index (Phi) is 5.63. The zero-order valence-electron chi connectivity index (χ0n) is 12.9. The second kappa shape index (κ2) is 7.47. The third-order valence-electron chi connectivity index (χ3n) is 3.61. The second-order valence-electron chi connectivity index (χ2n) is 5.49. The summed E-state index contributed by atoms with van der Waals surface area (Å²) < 4.78 is 0. The quantitative estimate of drug-likeness (QED) is 0.918. The van der Waals surface area contributed by atoms with Gasteiger partial charge in [-0.25, -0.2) is 4.79 Å². The van der Waals surface area contributed by atoms with E-state index in [0.29, 0.717) is 37.7 Å². The van der Waals surface area contributed by atoms with E-state index in [1.807, 2.05) is 0 Å². The molecule has 1 aromatic rings. The van der Waals surface area contributed by atoms with Crippen LogP contribution in [0.25, 0.3) is 0 Å². The average Bonchev–Trinajstić information content (AvgIpc) is 2.50. The van der Waals surface area contributed by atoms with Gasteiger partial charge in [0.25, 0.3) is 0 Å². The molecule has 1 aromatic carbocycles. The number of hydrogen-bond donors (Lipinski definition) is 1. The summed E-state index contributed by atoms with van der Waals surface area (Å²) in [5.41, 5.74) is 0.722. The van der Waals surface area contributed by atoms with Crippen molar-refractivity contribution < 1.29 is 9.59 Å². The largest absolute Gasteiger partial charge is 0.348 e. The minimum atomic E-state index is -0.124. The van der Waals surface area contributed by atoms with Crippen LogP contribution in [0.2, 0.25) is 5.02 Å². The highest BCUT2D eigenvalue weighted by molar-refractivity contribution is 6.30. The van der Waals surface area contributed by atoms with Crippen molar-refractivity contribution in [2.45, 2.75) is 0 Å². The molecule has 120 valence electrons. The molecule has 1 aliphatic rings. The number of likely N-dealkylation sites (N-methyl/N-ethyl adjacent to an activating group) is 1. The fourth-order valence-corrected chi connectivity index (χ4v) is 2.30. The number of benzene rings is 1. The van der Waals surface area contributed by atoms with E-state index in [-0.39, 0.29) is 11.9 Å². The standard InChI is InChI=1S/C15H21ClN4O2/c1-18(2)14(21)11-19-7-9-20(10-8-19)15(22)17-13-5-3-12(16)4-6-13/h3-6H,7-11H2,1-2H3,(H,17,22). The molecule has 0 aromatic heterocycles. The van der Waals surface area contributed by atoms with Crippen molar-refractivity contribution in [3.05, 3.63) is 29.3 Å². The number of amides is 3. The van der Waals surface area contributed by atoms with Gasteiger partial charge in [0, 0.05) is 51.0 Å². The first-order valence-electron chi connectivity index (χ1n) is 7.19. The Morgan fingerprint density at radius 1 is 1.14 bits per heavy atom. The molecule has 0 saturated carbocycles. The summed E-state index contributed by atoms with van der Waals surface area (Å²) >= 11 is 5.82. The first kappa shape index (κ1) is 16.6. The van der Waals surface area contributed by atoms with Crippen molar-refractivity contribution in [1.29, 1.82) is 0 Å². The molecule has 1 N–H and O–H groups in total. The highest BCUT2D eigenvalue weighted by atomic mass is 35.5. The van der Waals surface area contributed by atoms with Crippen LogP contribution in [0.4, 0.5) is 10.5 Å². The van der Waals surface area contributed by atoms with E-state index in [1.54, 1.807) is 48.2 Å². The van der Waals surface area contributed by atoms with Crippen LogP contribution >= 0.6 is 11.6 Å². The molecule has 0 radical (unpaired) electrons. The number of rotatable bonds is 3. The zero-order chi connectivity index (χ0) is 16.1. The van der Waals surface area contributed by atoms with Gasteiger partial charge in [-0.05, 0) is 24.3 Å². The van der Waals surface area contributed by atoms with Crippen LogP contribution in [-0.2, 0) is 4.79 Å². The van der Waals surface area contributed by atoms with Crippen molar-refractivity contribution in [3.63, 3.8) is 0 Å². The van der Waals surface area contributed by atoms with Gasteiger partial charge >= 0.3 is 6.03 Å². The number of carbonyl (C=O) groups excluding carboxylic acids is 2. The Morgan fingerprint density at radius 2 is 1.73 bits per heavy atom. The highest BCUT2D eigenvalue weighted by Crippen LogP contribution is 2.14. The van der Waals surface area contributed by atoms with Gasteiger partial charge in [0.05, 0.1) is 6.54 Å². The van der Waals surface area contributed by atoms with Gasteiger partial charge in [-0.1, -0.05) is 11.6 Å². The van der Waals surface area contributed by atoms with Crippen LogP contribution < -0.4 is 5.32 Å². The molecule has 1 aliphatic heterocycles. The molecule has 0 spiro atoms. The Morgan fingerprint density at radius 3 is 2.27 bits per heavy atom. The third kappa shape index (κ3) is 4.61. The molecular weight excluding hydrogens is 304 g/mol. The predicted molar refractivity (Wildman–Crippen MR) is 87.2 cm³/mol. The van der Waals surface area contributed by atoms with Crippen LogP contribution in [0.15, 0.2) is 24.3 Å². The first-order chi connectivity index (χ1) is 10.5. The van der Waals surface area contributed by atoms with E-state index >= 15 is 0 Å². The van der Waals surface area contributed by atoms with Gasteiger partial charge in [-0.15, -0.1) is 0 Å². The van der Waals surface area contributed by atoms with Crippen LogP contribution in [0.1, 0.15) is 0 Å². The molecule has 1 saturated heterocycles. The Bertz CT molecular complexity index is 525. The van der Waals surface area contributed by atoms with Crippen molar-refractivity contribution in [3.8, 4) is 0 Å². The molecule has 0 unspecified atom stereocenters. The number of halogens is 1. The number of anilines is 1. The molecule has 3 amide bonds. The van der Waals surface area contributed by atoms with Crippen LogP contribution in [0, 0.1) is 0 Å². The molecule has 0 bridgehead atoms. The summed E-state index contributed by atoms with van der Waals surface area (Å²) in [6, 6.07) is 6.89. The summed E-state index contributed by atoms with van der Waals surface area (Å²) in [4.78, 5) is 29.3. The second-order valence-corrected chi connectivity index (χ2v) is 5.92. The third-order valence-corrected chi connectivity index (χ3v) is 3.86. The van der Waals surface area contributed by atoms with Gasteiger partial charge in [0.2, 0.25) is 5.91 Å². The highest BCUT2D eigenvalue weighted by Gasteiger charge is 2.22. The molecular formula is C15H21ClN4O2. The Hall–Kier alpha value is -1.79. The van der Waals surface area contributed by atoms with E-state index in [9.17, 15) is 9.59 Å². The maximum atomic E-state index is 12.2. The zero-order valence-corrected chi connectivity index (χ0v) is 13.6. The monoisotopic (exact) mass is 324 g/mol. The topological polar surface area (TPSA) is 55.9 Å². The normalized spacial score (nSPS) is 15.5. The van der Waals surface area contributed by atoms with E-state index in [0.717, 1.165) is 5.69 Å². The molecule has 0 atom stereocenters. The van der Waals surface area contributed by atoms with E-state index < -0.39 is 0 Å². The fourth-order valence-electron chi connectivity index (χ4n) is 2.18. The number of nitrogens with zero attached hydrogens (tertiary/aromatic N) is 3. The number of nitrogens with one attached hydrogen (secondary N) is 1. The summed E-state index contributed by atoms with van der Waals surface area (Å²) in [5.74, 6) is 0.0825. The molecule has 22 heavy (non-hydrogen) atoms. The Balaban J connectivity index is 1.79. The Labute approximate surface area is 135 Å². The average molecular weight is 325 g/mol. The van der Waals surface area contributed by atoms with Gasteiger partial charge < -0.3 is 15.1 Å². The van der Waals surface area contributed by atoms with Crippen LogP contribution in [-0.4, -0.2) is 73.5 Å². The maximum Gasteiger partial charge on any atom is 0.321 e. The van der Waals surface area contributed by atoms with Gasteiger partial charge in [0.1, 0.15) is 0 Å². The molecule has 1 fully saturated rings. The molecule has 0 aliphatic carbocycles. The molecule has 6 nitrogen and oxygen atoms in total. The lowest BCUT2D eigenvalue weighted by Gasteiger charge is -2.34.